The van der Waals surface area contributed by atoms with E-state index in [2.05, 4.69) is 5.92 Å². The predicted octanol–water partition coefficient (Wildman–Crippen LogP) is 1.65. The molecule has 4 heteroatoms. The molecule has 0 atom stereocenters. The van der Waals surface area contributed by atoms with Crippen LogP contribution in [-0.4, -0.2) is 22.2 Å². The summed E-state index contributed by atoms with van der Waals surface area (Å²) in [6.07, 6.45) is 5.64. The minimum atomic E-state index is -1.14. The van der Waals surface area contributed by atoms with Crippen molar-refractivity contribution < 1.29 is 19.8 Å². The van der Waals surface area contributed by atoms with Crippen LogP contribution in [0.25, 0.3) is 0 Å². The van der Waals surface area contributed by atoms with E-state index < -0.39 is 11.9 Å². The van der Waals surface area contributed by atoms with Crippen molar-refractivity contribution in [1.82, 2.24) is 0 Å². The highest BCUT2D eigenvalue weighted by atomic mass is 16.4. The zero-order chi connectivity index (χ0) is 12.1. The Bertz CT molecular complexity index is 436. The summed E-state index contributed by atoms with van der Waals surface area (Å²) in [5.74, 6) is 0.0758. The number of carbonyl (C=O) groups is 2. The number of carboxylic acid groups (broad SMARTS) is 2. The molecule has 1 aromatic carbocycles. The summed E-state index contributed by atoms with van der Waals surface area (Å²) in [6.45, 7) is 0. The topological polar surface area (TPSA) is 74.6 Å². The summed E-state index contributed by atoms with van der Waals surface area (Å²) in [5.41, 5.74) is 0.269. The smallest absolute Gasteiger partial charge is 0.335 e. The van der Waals surface area contributed by atoms with Gasteiger partial charge in [-0.3, -0.25) is 0 Å². The number of carboxylic acids is 2. The van der Waals surface area contributed by atoms with Gasteiger partial charge in [-0.05, 0) is 24.1 Å². The lowest BCUT2D eigenvalue weighted by atomic mass is 9.97. The number of hydrogen-bond donors (Lipinski definition) is 2. The number of hydrogen-bond acceptors (Lipinski definition) is 2. The SMILES string of the molecule is C#CCCc1c(C(=O)O)cccc1C(=O)O. The molecule has 0 spiro atoms. The Morgan fingerprint density at radius 3 is 2.06 bits per heavy atom. The number of aromatic carboxylic acids is 2. The van der Waals surface area contributed by atoms with Crippen molar-refractivity contribution in [3.05, 3.63) is 34.9 Å². The van der Waals surface area contributed by atoms with E-state index in [1.54, 1.807) is 0 Å². The number of benzene rings is 1. The van der Waals surface area contributed by atoms with E-state index in [-0.39, 0.29) is 23.1 Å². The molecule has 0 fully saturated rings. The van der Waals surface area contributed by atoms with Gasteiger partial charge in [0.1, 0.15) is 0 Å². The Labute approximate surface area is 92.5 Å². The number of terminal acetylenes is 1. The van der Waals surface area contributed by atoms with Crippen LogP contribution in [0.2, 0.25) is 0 Å². The van der Waals surface area contributed by atoms with E-state index >= 15 is 0 Å². The summed E-state index contributed by atoms with van der Waals surface area (Å²) in [5, 5.41) is 17.9. The van der Waals surface area contributed by atoms with Crippen LogP contribution < -0.4 is 0 Å². The number of rotatable bonds is 4. The molecular weight excluding hydrogens is 208 g/mol. The molecule has 0 aliphatic rings. The molecule has 82 valence electrons. The van der Waals surface area contributed by atoms with E-state index in [0.717, 1.165) is 0 Å². The first kappa shape index (κ1) is 11.8. The third-order valence-corrected chi connectivity index (χ3v) is 2.16. The second-order valence-electron chi connectivity index (χ2n) is 3.15. The van der Waals surface area contributed by atoms with Crippen LogP contribution in [0.1, 0.15) is 32.7 Å². The first-order valence-electron chi connectivity index (χ1n) is 4.60. The van der Waals surface area contributed by atoms with Gasteiger partial charge in [-0.1, -0.05) is 6.07 Å². The summed E-state index contributed by atoms with van der Waals surface area (Å²) in [7, 11) is 0. The molecule has 2 N–H and O–H groups in total. The third kappa shape index (κ3) is 2.39. The van der Waals surface area contributed by atoms with Gasteiger partial charge in [0, 0.05) is 6.42 Å². The normalized spacial score (nSPS) is 9.44. The molecular formula is C12H10O4. The zero-order valence-electron chi connectivity index (χ0n) is 8.43. The van der Waals surface area contributed by atoms with E-state index in [1.807, 2.05) is 0 Å². The van der Waals surface area contributed by atoms with Crippen molar-refractivity contribution in [1.29, 1.82) is 0 Å². The van der Waals surface area contributed by atoms with Gasteiger partial charge in [0.2, 0.25) is 0 Å². The minimum Gasteiger partial charge on any atom is -0.478 e. The maximum absolute atomic E-state index is 10.9. The lowest BCUT2D eigenvalue weighted by molar-refractivity contribution is 0.0695. The molecule has 0 aromatic heterocycles. The molecule has 0 bridgehead atoms. The fourth-order valence-electron chi connectivity index (χ4n) is 1.45. The second-order valence-corrected chi connectivity index (χ2v) is 3.15. The fourth-order valence-corrected chi connectivity index (χ4v) is 1.45. The van der Waals surface area contributed by atoms with Crippen LogP contribution in [0.4, 0.5) is 0 Å². The molecule has 0 aliphatic carbocycles. The largest absolute Gasteiger partial charge is 0.478 e. The van der Waals surface area contributed by atoms with Gasteiger partial charge < -0.3 is 10.2 Å². The van der Waals surface area contributed by atoms with E-state index in [0.29, 0.717) is 6.42 Å². The van der Waals surface area contributed by atoms with Gasteiger partial charge in [-0.15, -0.1) is 12.3 Å². The summed E-state index contributed by atoms with van der Waals surface area (Å²) >= 11 is 0. The predicted molar refractivity (Wildman–Crippen MR) is 57.5 cm³/mol. The maximum atomic E-state index is 10.9. The quantitative estimate of drug-likeness (QED) is 0.753. The van der Waals surface area contributed by atoms with Crippen LogP contribution in [-0.2, 0) is 6.42 Å². The van der Waals surface area contributed by atoms with E-state index in [1.165, 1.54) is 18.2 Å². The summed E-state index contributed by atoms with van der Waals surface area (Å²) in [6, 6.07) is 4.16. The van der Waals surface area contributed by atoms with Gasteiger partial charge in [0.25, 0.3) is 0 Å². The minimum absolute atomic E-state index is 0.00449. The fraction of sp³-hybridized carbons (Fsp3) is 0.167. The van der Waals surface area contributed by atoms with Crippen LogP contribution in [0, 0.1) is 12.3 Å². The Hall–Kier alpha value is -2.28. The molecule has 0 unspecified atom stereocenters. The van der Waals surface area contributed by atoms with Crippen molar-refractivity contribution in [3.63, 3.8) is 0 Å². The molecule has 0 radical (unpaired) electrons. The van der Waals surface area contributed by atoms with Gasteiger partial charge in [-0.25, -0.2) is 9.59 Å². The van der Waals surface area contributed by atoms with Crippen LogP contribution in [0.3, 0.4) is 0 Å². The average Bonchev–Trinajstić information content (AvgIpc) is 2.25. The lowest BCUT2D eigenvalue weighted by Gasteiger charge is -2.07. The van der Waals surface area contributed by atoms with Crippen molar-refractivity contribution in [2.24, 2.45) is 0 Å². The van der Waals surface area contributed by atoms with E-state index in [9.17, 15) is 9.59 Å². The maximum Gasteiger partial charge on any atom is 0.335 e. The monoisotopic (exact) mass is 218 g/mol. The first-order valence-corrected chi connectivity index (χ1v) is 4.60. The van der Waals surface area contributed by atoms with Gasteiger partial charge in [0.05, 0.1) is 11.1 Å². The molecule has 0 heterocycles. The molecule has 4 nitrogen and oxygen atoms in total. The molecule has 0 saturated carbocycles. The molecule has 1 rings (SSSR count). The Balaban J connectivity index is 3.30. The lowest BCUT2D eigenvalue weighted by Crippen LogP contribution is -2.09. The van der Waals surface area contributed by atoms with Gasteiger partial charge in [0.15, 0.2) is 0 Å². The van der Waals surface area contributed by atoms with Crippen LogP contribution >= 0.6 is 0 Å². The molecule has 16 heavy (non-hydrogen) atoms. The molecule has 0 amide bonds. The standard InChI is InChI=1S/C12H10O4/c1-2-3-5-8-9(11(13)14)6-4-7-10(8)12(15)16/h1,4,6-7H,3,5H2,(H,13,14)(H,15,16). The Morgan fingerprint density at radius 2 is 1.69 bits per heavy atom. The second kappa shape index (κ2) is 4.99. The molecule has 1 aromatic rings. The highest BCUT2D eigenvalue weighted by Gasteiger charge is 2.17. The van der Waals surface area contributed by atoms with Gasteiger partial charge in [-0.2, -0.15) is 0 Å². The summed E-state index contributed by atoms with van der Waals surface area (Å²) in [4.78, 5) is 21.8. The third-order valence-electron chi connectivity index (χ3n) is 2.16. The molecule has 0 saturated heterocycles. The Kier molecular flexibility index (Phi) is 3.67. The zero-order valence-corrected chi connectivity index (χ0v) is 8.43. The average molecular weight is 218 g/mol. The van der Waals surface area contributed by atoms with Crippen LogP contribution in [0.15, 0.2) is 18.2 Å². The van der Waals surface area contributed by atoms with E-state index in [4.69, 9.17) is 16.6 Å². The van der Waals surface area contributed by atoms with Crippen LogP contribution in [0.5, 0.6) is 0 Å². The first-order chi connectivity index (χ1) is 7.57. The van der Waals surface area contributed by atoms with Crippen molar-refractivity contribution in [3.8, 4) is 12.3 Å². The highest BCUT2D eigenvalue weighted by Crippen LogP contribution is 2.17. The van der Waals surface area contributed by atoms with Gasteiger partial charge >= 0.3 is 11.9 Å². The molecule has 0 aliphatic heterocycles. The summed E-state index contributed by atoms with van der Waals surface area (Å²) < 4.78 is 0. The van der Waals surface area contributed by atoms with Crippen molar-refractivity contribution in [2.75, 3.05) is 0 Å². The van der Waals surface area contributed by atoms with Crippen molar-refractivity contribution >= 4 is 11.9 Å². The Morgan fingerprint density at radius 1 is 1.19 bits per heavy atom. The van der Waals surface area contributed by atoms with Crippen molar-refractivity contribution in [2.45, 2.75) is 12.8 Å². The highest BCUT2D eigenvalue weighted by molar-refractivity contribution is 5.96.